The fraction of sp³-hybridized carbons (Fsp3) is 0.741. The number of carbonyl (C=O) groups is 1. The molecule has 40 heavy (non-hydrogen) atoms. The molecule has 9 nitrogen and oxygen atoms in total. The van der Waals surface area contributed by atoms with Crippen LogP contribution in [0.25, 0.3) is 0 Å². The normalized spacial score (nSPS) is 21.5. The van der Waals surface area contributed by atoms with E-state index in [2.05, 4.69) is 16.8 Å². The van der Waals surface area contributed by atoms with Crippen molar-refractivity contribution >= 4 is 15.9 Å². The Morgan fingerprint density at radius 2 is 1.62 bits per heavy atom. The van der Waals surface area contributed by atoms with E-state index < -0.39 is 41.3 Å². The first-order chi connectivity index (χ1) is 18.7. The molecule has 13 heteroatoms. The number of carbonyl (C=O) groups excluding carboxylic acids is 1. The van der Waals surface area contributed by atoms with E-state index >= 15 is 0 Å². The van der Waals surface area contributed by atoms with Crippen LogP contribution in [0.2, 0.25) is 0 Å². The number of amides is 1. The number of benzene rings is 1. The highest BCUT2D eigenvalue weighted by atomic mass is 32.2. The Labute approximate surface area is 236 Å². The van der Waals surface area contributed by atoms with Crippen LogP contribution in [0.5, 0.6) is 5.75 Å². The van der Waals surface area contributed by atoms with E-state index in [4.69, 9.17) is 9.47 Å². The van der Waals surface area contributed by atoms with Crippen LogP contribution in [0.1, 0.15) is 36.8 Å². The number of rotatable bonds is 11. The van der Waals surface area contributed by atoms with Gasteiger partial charge in [0.1, 0.15) is 18.9 Å². The van der Waals surface area contributed by atoms with E-state index in [9.17, 15) is 26.4 Å². The summed E-state index contributed by atoms with van der Waals surface area (Å²) in [4.78, 5) is 18.6. The van der Waals surface area contributed by atoms with Gasteiger partial charge in [-0.2, -0.15) is 17.5 Å². The van der Waals surface area contributed by atoms with Crippen LogP contribution >= 0.6 is 0 Å². The number of nitrogens with zero attached hydrogens (tertiary/aromatic N) is 4. The molecule has 1 aliphatic carbocycles. The monoisotopic (exact) mass is 592 g/mol. The third-order valence-corrected chi connectivity index (χ3v) is 10.1. The topological polar surface area (TPSA) is 82.6 Å². The molecule has 1 aliphatic heterocycles. The quantitative estimate of drug-likeness (QED) is 0.366. The third kappa shape index (κ3) is 8.54. The molecule has 2 fully saturated rings. The fourth-order valence-corrected chi connectivity index (χ4v) is 7.24. The lowest BCUT2D eigenvalue weighted by atomic mass is 9.88. The van der Waals surface area contributed by atoms with Crippen molar-refractivity contribution in [2.24, 2.45) is 0 Å². The van der Waals surface area contributed by atoms with E-state index in [1.165, 1.54) is 14.2 Å². The van der Waals surface area contributed by atoms with Gasteiger partial charge in [-0.25, -0.2) is 8.42 Å². The maximum atomic E-state index is 13.4. The molecule has 0 unspecified atom stereocenters. The zero-order valence-electron chi connectivity index (χ0n) is 24.2. The van der Waals surface area contributed by atoms with Gasteiger partial charge in [0.25, 0.3) is 0 Å². The summed E-state index contributed by atoms with van der Waals surface area (Å²) in [5.41, 5.74) is 1.06. The summed E-state index contributed by atoms with van der Waals surface area (Å²) < 4.78 is 78.2. The number of alkyl halides is 3. The number of ether oxygens (including phenoxy) is 2. The Kier molecular flexibility index (Phi) is 11.3. The summed E-state index contributed by atoms with van der Waals surface area (Å²) in [6.07, 6.45) is -1.99. The molecule has 1 saturated carbocycles. The molecule has 1 amide bonds. The van der Waals surface area contributed by atoms with Crippen molar-refractivity contribution in [3.05, 3.63) is 23.3 Å². The minimum absolute atomic E-state index is 0.0596. The lowest BCUT2D eigenvalue weighted by Crippen LogP contribution is -2.53. The molecule has 3 rings (SSSR count). The van der Waals surface area contributed by atoms with Crippen LogP contribution in [-0.2, 0) is 19.6 Å². The van der Waals surface area contributed by atoms with Crippen LogP contribution < -0.4 is 4.74 Å². The van der Waals surface area contributed by atoms with Crippen LogP contribution in [0.4, 0.5) is 13.2 Å². The predicted octanol–water partition coefficient (Wildman–Crippen LogP) is 2.90. The minimum atomic E-state index is -4.52. The lowest BCUT2D eigenvalue weighted by molar-refractivity contribution is -0.170. The summed E-state index contributed by atoms with van der Waals surface area (Å²) in [5.74, 6) is -0.178. The summed E-state index contributed by atoms with van der Waals surface area (Å²) in [6.45, 7) is 5.17. The van der Waals surface area contributed by atoms with Crippen molar-refractivity contribution in [2.75, 3.05) is 73.7 Å². The standard InChI is InChI=1S/C27H43F3N4O5S/c1-20-16-24(38-5)17-21(2)26(20)40(36,37)32(4)14-15-39-18-25(35)34(19-27(28,29)30)23-8-6-22(7-9-23)33-12-10-31(3)11-13-33/h16-17,22-23H,6-15,18-19H2,1-5H3. The molecule has 1 aromatic carbocycles. The van der Waals surface area contributed by atoms with Gasteiger partial charge in [0.2, 0.25) is 15.9 Å². The van der Waals surface area contributed by atoms with E-state index in [0.717, 1.165) is 48.2 Å². The van der Waals surface area contributed by atoms with Crippen LogP contribution in [0.3, 0.4) is 0 Å². The van der Waals surface area contributed by atoms with Gasteiger partial charge in [0.05, 0.1) is 18.6 Å². The van der Waals surface area contributed by atoms with Gasteiger partial charge in [-0.15, -0.1) is 0 Å². The van der Waals surface area contributed by atoms with Crippen molar-refractivity contribution in [1.82, 2.24) is 19.0 Å². The second-order valence-electron chi connectivity index (χ2n) is 10.9. The van der Waals surface area contributed by atoms with Crippen molar-refractivity contribution < 1.29 is 35.9 Å². The van der Waals surface area contributed by atoms with Crippen LogP contribution in [0.15, 0.2) is 17.0 Å². The number of sulfonamides is 1. The average molecular weight is 593 g/mol. The van der Waals surface area contributed by atoms with Gasteiger partial charge in [0, 0.05) is 51.9 Å². The number of hydrogen-bond acceptors (Lipinski definition) is 7. The second-order valence-corrected chi connectivity index (χ2v) is 12.9. The molecule has 0 bridgehead atoms. The zero-order valence-corrected chi connectivity index (χ0v) is 25.0. The number of methoxy groups -OCH3 is 1. The summed E-state index contributed by atoms with van der Waals surface area (Å²) in [7, 11) is 1.13. The number of piperazine rings is 1. The molecule has 0 N–H and O–H groups in total. The molecule has 0 radical (unpaired) electrons. The molecular formula is C27H43F3N4O5S. The maximum absolute atomic E-state index is 13.4. The first-order valence-electron chi connectivity index (χ1n) is 13.7. The van der Waals surface area contributed by atoms with Crippen LogP contribution in [0, 0.1) is 13.8 Å². The van der Waals surface area contributed by atoms with Gasteiger partial charge in [-0.05, 0) is 69.8 Å². The molecule has 2 aliphatic rings. The molecule has 0 aromatic heterocycles. The van der Waals surface area contributed by atoms with Gasteiger partial charge in [0.15, 0.2) is 0 Å². The molecule has 1 aromatic rings. The molecule has 1 heterocycles. The molecule has 1 saturated heterocycles. The van der Waals surface area contributed by atoms with Crippen molar-refractivity contribution in [3.63, 3.8) is 0 Å². The highest BCUT2D eigenvalue weighted by Gasteiger charge is 2.39. The van der Waals surface area contributed by atoms with Gasteiger partial charge < -0.3 is 19.3 Å². The highest BCUT2D eigenvalue weighted by molar-refractivity contribution is 7.89. The van der Waals surface area contributed by atoms with Crippen molar-refractivity contribution in [2.45, 2.75) is 62.7 Å². The first-order valence-corrected chi connectivity index (χ1v) is 15.1. The highest BCUT2D eigenvalue weighted by Crippen LogP contribution is 2.30. The molecular weight excluding hydrogens is 549 g/mol. The predicted molar refractivity (Wildman–Crippen MR) is 146 cm³/mol. The Hall–Kier alpha value is -1.93. The summed E-state index contributed by atoms with van der Waals surface area (Å²) >= 11 is 0. The third-order valence-electron chi connectivity index (χ3n) is 7.95. The SMILES string of the molecule is COc1cc(C)c(S(=O)(=O)N(C)CCOCC(=O)N(CC(F)(F)F)C2CCC(N3CCN(C)CC3)CC2)c(C)c1. The molecule has 0 spiro atoms. The Morgan fingerprint density at radius 3 is 2.15 bits per heavy atom. The number of aryl methyl sites for hydroxylation is 2. The van der Waals surface area contributed by atoms with E-state index in [1.54, 1.807) is 26.0 Å². The van der Waals surface area contributed by atoms with Gasteiger partial charge in [-0.3, -0.25) is 9.69 Å². The van der Waals surface area contributed by atoms with Crippen molar-refractivity contribution in [1.29, 1.82) is 0 Å². The largest absolute Gasteiger partial charge is 0.497 e. The van der Waals surface area contributed by atoms with E-state index in [0.29, 0.717) is 35.8 Å². The number of likely N-dealkylation sites (N-methyl/N-ethyl adjacent to an activating group) is 2. The van der Waals surface area contributed by atoms with Gasteiger partial charge in [-0.1, -0.05) is 0 Å². The van der Waals surface area contributed by atoms with Gasteiger partial charge >= 0.3 is 6.18 Å². The summed E-state index contributed by atoms with van der Waals surface area (Å²) in [6, 6.07) is 3.11. The van der Waals surface area contributed by atoms with E-state index in [1.807, 2.05) is 0 Å². The van der Waals surface area contributed by atoms with E-state index in [-0.39, 0.29) is 18.0 Å². The number of halogens is 3. The van der Waals surface area contributed by atoms with Crippen LogP contribution in [-0.4, -0.2) is 125 Å². The smallest absolute Gasteiger partial charge is 0.406 e. The fourth-order valence-electron chi connectivity index (χ4n) is 5.68. The Bertz CT molecular complexity index is 1080. The summed E-state index contributed by atoms with van der Waals surface area (Å²) in [5, 5.41) is 0. The number of hydrogen-bond donors (Lipinski definition) is 0. The molecule has 0 atom stereocenters. The lowest BCUT2D eigenvalue weighted by Gasteiger charge is -2.43. The second kappa shape index (κ2) is 13.8. The first kappa shape index (κ1) is 32.6. The Morgan fingerprint density at radius 1 is 1.05 bits per heavy atom. The molecule has 228 valence electrons. The minimum Gasteiger partial charge on any atom is -0.497 e. The maximum Gasteiger partial charge on any atom is 0.406 e. The zero-order chi connectivity index (χ0) is 29.7. The van der Waals surface area contributed by atoms with Crippen molar-refractivity contribution in [3.8, 4) is 5.75 Å². The Balaban J connectivity index is 1.54. The average Bonchev–Trinajstić information content (AvgIpc) is 2.89.